The predicted molar refractivity (Wildman–Crippen MR) is 78.6 cm³/mol. The highest BCUT2D eigenvalue weighted by Crippen LogP contribution is 2.37. The Morgan fingerprint density at radius 2 is 2.10 bits per heavy atom. The molecule has 0 bridgehead atoms. The van der Waals surface area contributed by atoms with Gasteiger partial charge in [0.05, 0.1) is 5.01 Å². The van der Waals surface area contributed by atoms with E-state index in [0.717, 1.165) is 18.1 Å². The van der Waals surface area contributed by atoms with Gasteiger partial charge in [-0.25, -0.2) is 14.6 Å². The molecule has 2 atom stereocenters. The molecule has 2 amide bonds. The van der Waals surface area contributed by atoms with Crippen LogP contribution in [0.2, 0.25) is 0 Å². The topological polar surface area (TPSA) is 82.5 Å². The highest BCUT2D eigenvalue weighted by molar-refractivity contribution is 7.09. The molecular formula is C14H19N3O3S. The zero-order valence-electron chi connectivity index (χ0n) is 11.7. The minimum Gasteiger partial charge on any atom is -0.476 e. The number of carboxylic acid groups (broad SMARTS) is 1. The summed E-state index contributed by atoms with van der Waals surface area (Å²) < 4.78 is 0. The number of nitrogens with one attached hydrogen (secondary N) is 1. The Labute approximate surface area is 127 Å². The average molecular weight is 309 g/mol. The summed E-state index contributed by atoms with van der Waals surface area (Å²) in [6, 6.07) is -0.000542. The second-order valence-corrected chi connectivity index (χ2v) is 6.71. The van der Waals surface area contributed by atoms with Gasteiger partial charge in [-0.05, 0) is 24.7 Å². The largest absolute Gasteiger partial charge is 0.476 e. The van der Waals surface area contributed by atoms with Gasteiger partial charge in [0.1, 0.15) is 0 Å². The van der Waals surface area contributed by atoms with Crippen molar-refractivity contribution in [1.82, 2.24) is 15.2 Å². The van der Waals surface area contributed by atoms with Crippen LogP contribution < -0.4 is 5.32 Å². The third kappa shape index (κ3) is 3.18. The molecular weight excluding hydrogens is 290 g/mol. The van der Waals surface area contributed by atoms with E-state index < -0.39 is 5.97 Å². The molecule has 0 spiro atoms. The lowest BCUT2D eigenvalue weighted by Crippen LogP contribution is -2.39. The smallest absolute Gasteiger partial charge is 0.355 e. The van der Waals surface area contributed by atoms with Crippen molar-refractivity contribution in [3.05, 3.63) is 16.1 Å². The van der Waals surface area contributed by atoms with Crippen LogP contribution in [0.3, 0.4) is 0 Å². The van der Waals surface area contributed by atoms with Crippen molar-refractivity contribution in [1.29, 1.82) is 0 Å². The number of aromatic nitrogens is 1. The number of aromatic carboxylic acids is 1. The molecule has 1 saturated carbocycles. The first-order valence-corrected chi connectivity index (χ1v) is 8.22. The van der Waals surface area contributed by atoms with Gasteiger partial charge in [0.25, 0.3) is 0 Å². The minimum absolute atomic E-state index is 0.000542. The predicted octanol–water partition coefficient (Wildman–Crippen LogP) is 1.83. The van der Waals surface area contributed by atoms with Gasteiger partial charge in [0, 0.05) is 31.4 Å². The second kappa shape index (κ2) is 6.01. The molecule has 1 aromatic heterocycles. The lowest BCUT2D eigenvalue weighted by Gasteiger charge is -2.17. The van der Waals surface area contributed by atoms with Gasteiger partial charge >= 0.3 is 12.0 Å². The van der Waals surface area contributed by atoms with Crippen LogP contribution in [0.4, 0.5) is 4.79 Å². The molecule has 1 aliphatic carbocycles. The van der Waals surface area contributed by atoms with E-state index in [2.05, 4.69) is 10.3 Å². The molecule has 2 N–H and O–H groups in total. The molecule has 1 saturated heterocycles. The first-order chi connectivity index (χ1) is 10.1. The van der Waals surface area contributed by atoms with Crippen molar-refractivity contribution in [2.24, 2.45) is 11.8 Å². The Morgan fingerprint density at radius 1 is 1.38 bits per heavy atom. The van der Waals surface area contributed by atoms with E-state index in [0.29, 0.717) is 24.8 Å². The number of rotatable bonds is 4. The van der Waals surface area contributed by atoms with Crippen LogP contribution in [-0.2, 0) is 6.42 Å². The van der Waals surface area contributed by atoms with Gasteiger partial charge in [0.2, 0.25) is 0 Å². The van der Waals surface area contributed by atoms with Gasteiger partial charge in [0.15, 0.2) is 5.69 Å². The monoisotopic (exact) mass is 309 g/mol. The maximum Gasteiger partial charge on any atom is 0.355 e. The zero-order chi connectivity index (χ0) is 14.8. The van der Waals surface area contributed by atoms with Crippen LogP contribution >= 0.6 is 11.3 Å². The number of amides is 2. The SMILES string of the molecule is O=C(O)c1csc(CCNC(=O)N2CC3CCCC3C2)n1. The number of hydrogen-bond donors (Lipinski definition) is 2. The van der Waals surface area contributed by atoms with Crippen molar-refractivity contribution in [2.45, 2.75) is 25.7 Å². The molecule has 2 aliphatic rings. The number of fused-ring (bicyclic) bond motifs is 1. The Bertz CT molecular complexity index is 533. The van der Waals surface area contributed by atoms with Crippen LogP contribution in [0.5, 0.6) is 0 Å². The fourth-order valence-corrected chi connectivity index (χ4v) is 4.09. The maximum atomic E-state index is 12.1. The summed E-state index contributed by atoms with van der Waals surface area (Å²) in [4.78, 5) is 28.7. The molecule has 7 heteroatoms. The lowest BCUT2D eigenvalue weighted by atomic mass is 10.0. The van der Waals surface area contributed by atoms with Gasteiger partial charge in [-0.3, -0.25) is 0 Å². The maximum absolute atomic E-state index is 12.1. The van der Waals surface area contributed by atoms with Gasteiger partial charge in [-0.15, -0.1) is 11.3 Å². The first-order valence-electron chi connectivity index (χ1n) is 7.34. The Morgan fingerprint density at radius 3 is 2.71 bits per heavy atom. The molecule has 3 rings (SSSR count). The Hall–Kier alpha value is -1.63. The summed E-state index contributed by atoms with van der Waals surface area (Å²) in [6.07, 6.45) is 4.39. The molecule has 0 aromatic carbocycles. The molecule has 114 valence electrons. The first kappa shape index (κ1) is 14.3. The second-order valence-electron chi connectivity index (χ2n) is 5.77. The molecule has 1 aromatic rings. The van der Waals surface area contributed by atoms with E-state index in [9.17, 15) is 9.59 Å². The number of carboxylic acids is 1. The molecule has 1 aliphatic heterocycles. The van der Waals surface area contributed by atoms with Gasteiger partial charge in [-0.2, -0.15) is 0 Å². The molecule has 0 radical (unpaired) electrons. The van der Waals surface area contributed by atoms with Crippen molar-refractivity contribution < 1.29 is 14.7 Å². The van der Waals surface area contributed by atoms with Crippen LogP contribution in [0.15, 0.2) is 5.38 Å². The highest BCUT2D eigenvalue weighted by atomic mass is 32.1. The number of nitrogens with zero attached hydrogens (tertiary/aromatic N) is 2. The van der Waals surface area contributed by atoms with Crippen LogP contribution in [-0.4, -0.2) is 46.6 Å². The summed E-state index contributed by atoms with van der Waals surface area (Å²) >= 11 is 1.32. The molecule has 2 heterocycles. The van der Waals surface area contributed by atoms with Crippen LogP contribution in [0.1, 0.15) is 34.8 Å². The Kier molecular flexibility index (Phi) is 4.10. The summed E-state index contributed by atoms with van der Waals surface area (Å²) in [5, 5.41) is 14.0. The van der Waals surface area contributed by atoms with E-state index in [4.69, 9.17) is 5.11 Å². The highest BCUT2D eigenvalue weighted by Gasteiger charge is 2.37. The number of thiazole rings is 1. The third-order valence-corrected chi connectivity index (χ3v) is 5.31. The zero-order valence-corrected chi connectivity index (χ0v) is 12.6. The standard InChI is InChI=1S/C14H19N3O3S/c18-13(19)11-8-21-12(16-11)4-5-15-14(20)17-6-9-2-1-3-10(9)7-17/h8-10H,1-7H2,(H,15,20)(H,18,19). The molecule has 6 nitrogen and oxygen atoms in total. The summed E-state index contributed by atoms with van der Waals surface area (Å²) in [7, 11) is 0. The normalized spacial score (nSPS) is 24.1. The Balaban J connectivity index is 1.42. The van der Waals surface area contributed by atoms with E-state index in [1.54, 1.807) is 0 Å². The number of hydrogen-bond acceptors (Lipinski definition) is 4. The quantitative estimate of drug-likeness (QED) is 0.889. The molecule has 21 heavy (non-hydrogen) atoms. The number of carbonyl (C=O) groups is 2. The van der Waals surface area contributed by atoms with E-state index in [-0.39, 0.29) is 11.7 Å². The fraction of sp³-hybridized carbons (Fsp3) is 0.643. The minimum atomic E-state index is -1.01. The number of carbonyl (C=O) groups excluding carboxylic acids is 1. The van der Waals surface area contributed by atoms with E-state index in [1.807, 2.05) is 4.90 Å². The third-order valence-electron chi connectivity index (χ3n) is 4.40. The lowest BCUT2D eigenvalue weighted by molar-refractivity contribution is 0.0691. The van der Waals surface area contributed by atoms with Crippen molar-refractivity contribution in [2.75, 3.05) is 19.6 Å². The molecule has 2 unspecified atom stereocenters. The van der Waals surface area contributed by atoms with E-state index >= 15 is 0 Å². The summed E-state index contributed by atoms with van der Waals surface area (Å²) in [5.74, 6) is 0.394. The molecule has 2 fully saturated rings. The van der Waals surface area contributed by atoms with Crippen molar-refractivity contribution in [3.63, 3.8) is 0 Å². The van der Waals surface area contributed by atoms with Gasteiger partial charge in [-0.1, -0.05) is 6.42 Å². The summed E-state index contributed by atoms with van der Waals surface area (Å²) in [5.41, 5.74) is 0.0775. The fourth-order valence-electron chi connectivity index (χ4n) is 3.31. The van der Waals surface area contributed by atoms with Crippen LogP contribution in [0, 0.1) is 11.8 Å². The average Bonchev–Trinajstić information content (AvgIpc) is 3.13. The van der Waals surface area contributed by atoms with Crippen molar-refractivity contribution >= 4 is 23.3 Å². The van der Waals surface area contributed by atoms with Gasteiger partial charge < -0.3 is 15.3 Å². The number of likely N-dealkylation sites (tertiary alicyclic amines) is 1. The van der Waals surface area contributed by atoms with E-state index in [1.165, 1.54) is 36.0 Å². The van der Waals surface area contributed by atoms with Crippen molar-refractivity contribution in [3.8, 4) is 0 Å². The number of urea groups is 1. The summed E-state index contributed by atoms with van der Waals surface area (Å²) in [6.45, 7) is 2.27. The van der Waals surface area contributed by atoms with Crippen LogP contribution in [0.25, 0.3) is 0 Å².